The molecule has 1 aliphatic carbocycles. The quantitative estimate of drug-likeness (QED) is 0.453. The summed E-state index contributed by atoms with van der Waals surface area (Å²) in [5, 5.41) is 10.4. The SMILES string of the molecule is C[C@H](Nc1nc(NCc2ccc(S(N)(=O)=O)cc2)nc2ccc(C#CC3CC3)nc12)C(F)(F)F. The van der Waals surface area contributed by atoms with Crippen molar-refractivity contribution in [3.63, 3.8) is 0 Å². The first-order valence-electron chi connectivity index (χ1n) is 10.4. The first kappa shape index (κ1) is 23.7. The number of hydrogen-bond donors (Lipinski definition) is 3. The molecule has 0 bridgehead atoms. The Morgan fingerprint density at radius 1 is 1.12 bits per heavy atom. The van der Waals surface area contributed by atoms with Crippen molar-refractivity contribution in [3.8, 4) is 11.8 Å². The fraction of sp³-hybridized carbons (Fsp3) is 0.318. The summed E-state index contributed by atoms with van der Waals surface area (Å²) >= 11 is 0. The van der Waals surface area contributed by atoms with Crippen LogP contribution in [0.2, 0.25) is 0 Å². The summed E-state index contributed by atoms with van der Waals surface area (Å²) < 4.78 is 62.4. The number of benzene rings is 1. The normalized spacial score (nSPS) is 14.9. The lowest BCUT2D eigenvalue weighted by atomic mass is 10.2. The number of hydrogen-bond acceptors (Lipinski definition) is 7. The molecule has 0 saturated heterocycles. The Kier molecular flexibility index (Phi) is 6.33. The van der Waals surface area contributed by atoms with Gasteiger partial charge in [0, 0.05) is 12.5 Å². The molecule has 0 aliphatic heterocycles. The minimum absolute atomic E-state index is 0.0301. The Bertz CT molecular complexity index is 1380. The number of nitrogens with zero attached hydrogens (tertiary/aromatic N) is 3. The monoisotopic (exact) mass is 490 g/mol. The highest BCUT2D eigenvalue weighted by Crippen LogP contribution is 2.28. The summed E-state index contributed by atoms with van der Waals surface area (Å²) in [6, 6.07) is 7.27. The van der Waals surface area contributed by atoms with Gasteiger partial charge in [-0.05, 0) is 55.5 Å². The van der Waals surface area contributed by atoms with Crippen LogP contribution >= 0.6 is 0 Å². The Morgan fingerprint density at radius 2 is 1.82 bits per heavy atom. The summed E-state index contributed by atoms with van der Waals surface area (Å²) in [5.74, 6) is 6.38. The Morgan fingerprint density at radius 3 is 2.44 bits per heavy atom. The lowest BCUT2D eigenvalue weighted by Gasteiger charge is -2.19. The van der Waals surface area contributed by atoms with Crippen LogP contribution in [0.1, 0.15) is 31.0 Å². The second-order valence-corrected chi connectivity index (χ2v) is 9.52. The molecule has 178 valence electrons. The van der Waals surface area contributed by atoms with Crippen LogP contribution in [0.3, 0.4) is 0 Å². The van der Waals surface area contributed by atoms with Gasteiger partial charge in [-0.1, -0.05) is 18.1 Å². The second-order valence-electron chi connectivity index (χ2n) is 7.95. The molecule has 4 rings (SSSR count). The molecular weight excluding hydrogens is 469 g/mol. The lowest BCUT2D eigenvalue weighted by molar-refractivity contribution is -0.138. The highest BCUT2D eigenvalue weighted by molar-refractivity contribution is 7.89. The number of alkyl halides is 3. The third-order valence-electron chi connectivity index (χ3n) is 5.07. The van der Waals surface area contributed by atoms with Crippen molar-refractivity contribution in [1.29, 1.82) is 0 Å². The lowest BCUT2D eigenvalue weighted by Crippen LogP contribution is -2.33. The number of anilines is 2. The van der Waals surface area contributed by atoms with Gasteiger partial charge in [-0.15, -0.1) is 0 Å². The number of rotatable bonds is 6. The number of sulfonamides is 1. The molecule has 1 aliphatic rings. The predicted octanol–water partition coefficient (Wildman–Crippen LogP) is 3.41. The molecule has 0 amide bonds. The largest absolute Gasteiger partial charge is 0.408 e. The van der Waals surface area contributed by atoms with Gasteiger partial charge in [-0.25, -0.2) is 23.5 Å². The first-order valence-corrected chi connectivity index (χ1v) is 11.9. The predicted molar refractivity (Wildman–Crippen MR) is 121 cm³/mol. The number of aromatic nitrogens is 3. The number of primary sulfonamides is 1. The van der Waals surface area contributed by atoms with Crippen molar-refractivity contribution in [1.82, 2.24) is 15.0 Å². The van der Waals surface area contributed by atoms with Crippen molar-refractivity contribution in [2.45, 2.75) is 43.4 Å². The smallest absolute Gasteiger partial charge is 0.357 e. The summed E-state index contributed by atoms with van der Waals surface area (Å²) in [7, 11) is -3.81. The standard InChI is InChI=1S/C22H21F3N6O2S/c1-13(22(23,24)25)28-20-19-18(11-8-16(29-19)7-4-14-2-3-14)30-21(31-20)27-12-15-5-9-17(10-6-15)34(26,32)33/h5-6,8-11,13-14H,2-3,12H2,1H3,(H2,26,32,33)(H2,27,28,30,31)/t13-/m0/s1. The average molecular weight is 491 g/mol. The molecule has 4 N–H and O–H groups in total. The van der Waals surface area contributed by atoms with E-state index in [2.05, 4.69) is 37.4 Å². The van der Waals surface area contributed by atoms with Gasteiger partial charge in [-0.3, -0.25) is 0 Å². The van der Waals surface area contributed by atoms with Crippen LogP contribution in [0, 0.1) is 17.8 Å². The van der Waals surface area contributed by atoms with Gasteiger partial charge in [0.05, 0.1) is 10.4 Å². The van der Waals surface area contributed by atoms with Crippen LogP contribution in [0.25, 0.3) is 11.0 Å². The Balaban J connectivity index is 1.62. The second kappa shape index (κ2) is 9.08. The molecule has 0 spiro atoms. The molecule has 8 nitrogen and oxygen atoms in total. The van der Waals surface area contributed by atoms with Gasteiger partial charge >= 0.3 is 6.18 Å². The van der Waals surface area contributed by atoms with Crippen molar-refractivity contribution in [3.05, 3.63) is 47.7 Å². The molecule has 0 radical (unpaired) electrons. The molecule has 0 unspecified atom stereocenters. The van der Waals surface area contributed by atoms with Crippen LogP contribution < -0.4 is 15.8 Å². The van der Waals surface area contributed by atoms with E-state index in [4.69, 9.17) is 5.14 Å². The van der Waals surface area contributed by atoms with Crippen molar-refractivity contribution >= 4 is 32.8 Å². The fourth-order valence-corrected chi connectivity index (χ4v) is 3.45. The van der Waals surface area contributed by atoms with Gasteiger partial charge < -0.3 is 10.6 Å². The molecule has 34 heavy (non-hydrogen) atoms. The Hall–Kier alpha value is -3.43. The number of nitrogens with one attached hydrogen (secondary N) is 2. The first-order chi connectivity index (χ1) is 16.0. The van der Waals surface area contributed by atoms with Crippen LogP contribution in [-0.4, -0.2) is 35.6 Å². The van der Waals surface area contributed by atoms with Crippen LogP contribution in [-0.2, 0) is 16.6 Å². The zero-order valence-electron chi connectivity index (χ0n) is 18.0. The van der Waals surface area contributed by atoms with Gasteiger partial charge in [0.1, 0.15) is 17.3 Å². The molecule has 2 heterocycles. The number of halogens is 3. The maximum atomic E-state index is 13.2. The third-order valence-corrected chi connectivity index (χ3v) is 6.00. The molecule has 1 atom stereocenters. The minimum Gasteiger partial charge on any atom is -0.357 e. The molecule has 1 fully saturated rings. The van der Waals surface area contributed by atoms with E-state index >= 15 is 0 Å². The third kappa shape index (κ3) is 5.92. The molecule has 1 aromatic carbocycles. The van der Waals surface area contributed by atoms with E-state index < -0.39 is 22.2 Å². The van der Waals surface area contributed by atoms with Gasteiger partial charge in [0.25, 0.3) is 0 Å². The summed E-state index contributed by atoms with van der Waals surface area (Å²) in [6.07, 6.45) is -2.40. The van der Waals surface area contributed by atoms with E-state index in [1.165, 1.54) is 12.1 Å². The summed E-state index contributed by atoms with van der Waals surface area (Å²) in [5.41, 5.74) is 1.65. The minimum atomic E-state index is -4.49. The summed E-state index contributed by atoms with van der Waals surface area (Å²) in [6.45, 7) is 1.19. The van der Waals surface area contributed by atoms with Gasteiger partial charge in [-0.2, -0.15) is 18.2 Å². The maximum Gasteiger partial charge on any atom is 0.408 e. The van der Waals surface area contributed by atoms with E-state index in [0.717, 1.165) is 19.8 Å². The maximum absolute atomic E-state index is 13.2. The topological polar surface area (TPSA) is 123 Å². The van der Waals surface area contributed by atoms with Crippen molar-refractivity contribution < 1.29 is 21.6 Å². The van der Waals surface area contributed by atoms with Crippen molar-refractivity contribution in [2.24, 2.45) is 11.1 Å². The molecule has 12 heteroatoms. The number of pyridine rings is 1. The highest BCUT2D eigenvalue weighted by Gasteiger charge is 2.36. The zero-order chi connectivity index (χ0) is 24.5. The summed E-state index contributed by atoms with van der Waals surface area (Å²) in [4.78, 5) is 12.9. The highest BCUT2D eigenvalue weighted by atomic mass is 32.2. The molecule has 1 saturated carbocycles. The average Bonchev–Trinajstić information content (AvgIpc) is 3.60. The molecule has 2 aromatic heterocycles. The zero-order valence-corrected chi connectivity index (χ0v) is 18.8. The van der Waals surface area contributed by atoms with Crippen LogP contribution in [0.4, 0.5) is 24.9 Å². The van der Waals surface area contributed by atoms with Crippen molar-refractivity contribution in [2.75, 3.05) is 10.6 Å². The molecule has 3 aromatic rings. The molecular formula is C22H21F3N6O2S. The van der Waals surface area contributed by atoms with Crippen LogP contribution in [0.15, 0.2) is 41.3 Å². The van der Waals surface area contributed by atoms with E-state index in [9.17, 15) is 21.6 Å². The van der Waals surface area contributed by atoms with Gasteiger partial charge in [0.15, 0.2) is 5.82 Å². The van der Waals surface area contributed by atoms with E-state index in [1.54, 1.807) is 24.3 Å². The van der Waals surface area contributed by atoms with E-state index in [0.29, 0.717) is 22.7 Å². The number of nitrogens with two attached hydrogens (primary N) is 1. The fourth-order valence-electron chi connectivity index (χ4n) is 2.93. The Labute approximate surface area is 194 Å². The van der Waals surface area contributed by atoms with Crippen LogP contribution in [0.5, 0.6) is 0 Å². The van der Waals surface area contributed by atoms with Gasteiger partial charge in [0.2, 0.25) is 16.0 Å². The van der Waals surface area contributed by atoms with E-state index in [-0.39, 0.29) is 28.7 Å². The number of fused-ring (bicyclic) bond motifs is 1. The van der Waals surface area contributed by atoms with E-state index in [1.807, 2.05) is 0 Å².